The van der Waals surface area contributed by atoms with E-state index in [1.165, 1.54) is 29.8 Å². The standard InChI is InChI=1S/C14H13N3O4S3/c1-23(18,19)10-5-9(6-11(7-10)24(2,20)21)17-14-13-12(3-4-22-13)15-8-16-14/h3-8H,1-2H3,(H,15,16,17). The normalized spacial score (nSPS) is 12.4. The molecule has 0 radical (unpaired) electrons. The molecule has 0 unspecified atom stereocenters. The summed E-state index contributed by atoms with van der Waals surface area (Å²) in [5, 5.41) is 4.85. The highest BCUT2D eigenvalue weighted by Gasteiger charge is 2.16. The first kappa shape index (κ1) is 16.8. The molecule has 0 bridgehead atoms. The van der Waals surface area contributed by atoms with E-state index in [2.05, 4.69) is 15.3 Å². The van der Waals surface area contributed by atoms with Crippen LogP contribution in [-0.4, -0.2) is 39.3 Å². The molecule has 10 heteroatoms. The number of rotatable bonds is 4. The van der Waals surface area contributed by atoms with Crippen molar-refractivity contribution in [2.75, 3.05) is 17.8 Å². The quantitative estimate of drug-likeness (QED) is 0.736. The molecule has 3 rings (SSSR count). The van der Waals surface area contributed by atoms with Gasteiger partial charge in [-0.15, -0.1) is 11.3 Å². The Labute approximate surface area is 143 Å². The Bertz CT molecular complexity index is 1080. The lowest BCUT2D eigenvalue weighted by Gasteiger charge is -2.10. The summed E-state index contributed by atoms with van der Waals surface area (Å²) in [5.41, 5.74) is 1.08. The van der Waals surface area contributed by atoms with Crippen molar-refractivity contribution in [2.24, 2.45) is 0 Å². The van der Waals surface area contributed by atoms with Crippen molar-refractivity contribution in [3.8, 4) is 0 Å². The summed E-state index contributed by atoms with van der Waals surface area (Å²) in [6.07, 6.45) is 3.44. The molecule has 1 aromatic carbocycles. The van der Waals surface area contributed by atoms with Crippen molar-refractivity contribution < 1.29 is 16.8 Å². The zero-order valence-corrected chi connectivity index (χ0v) is 15.2. The molecular weight excluding hydrogens is 370 g/mol. The minimum Gasteiger partial charge on any atom is -0.339 e. The van der Waals surface area contributed by atoms with E-state index < -0.39 is 19.7 Å². The number of nitrogens with one attached hydrogen (secondary N) is 1. The van der Waals surface area contributed by atoms with Crippen molar-refractivity contribution in [1.82, 2.24) is 9.97 Å². The Morgan fingerprint density at radius 1 is 0.958 bits per heavy atom. The summed E-state index contributed by atoms with van der Waals surface area (Å²) in [6, 6.07) is 5.75. The van der Waals surface area contributed by atoms with Crippen LogP contribution < -0.4 is 5.32 Å². The Morgan fingerprint density at radius 2 is 1.58 bits per heavy atom. The van der Waals surface area contributed by atoms with Crippen LogP contribution in [0.25, 0.3) is 10.2 Å². The Morgan fingerprint density at radius 3 is 2.17 bits per heavy atom. The summed E-state index contributed by atoms with van der Waals surface area (Å²) in [5.74, 6) is 0.486. The SMILES string of the molecule is CS(=O)(=O)c1cc(Nc2ncnc3ccsc23)cc(S(C)(=O)=O)c1. The van der Waals surface area contributed by atoms with Gasteiger partial charge in [-0.25, -0.2) is 26.8 Å². The van der Waals surface area contributed by atoms with E-state index in [9.17, 15) is 16.8 Å². The largest absolute Gasteiger partial charge is 0.339 e. The number of thiophene rings is 1. The zero-order chi connectivity index (χ0) is 17.5. The van der Waals surface area contributed by atoms with Crippen LogP contribution in [-0.2, 0) is 19.7 Å². The number of nitrogens with zero attached hydrogens (tertiary/aromatic N) is 2. The molecule has 0 atom stereocenters. The number of anilines is 2. The second kappa shape index (κ2) is 5.80. The van der Waals surface area contributed by atoms with Gasteiger partial charge in [0, 0.05) is 18.2 Å². The predicted molar refractivity (Wildman–Crippen MR) is 93.4 cm³/mol. The van der Waals surface area contributed by atoms with Crippen molar-refractivity contribution in [2.45, 2.75) is 9.79 Å². The lowest BCUT2D eigenvalue weighted by Crippen LogP contribution is -2.04. The maximum Gasteiger partial charge on any atom is 0.175 e. The Kier molecular flexibility index (Phi) is 4.06. The Hall–Kier alpha value is -2.04. The average Bonchev–Trinajstić information content (AvgIpc) is 2.94. The van der Waals surface area contributed by atoms with Crippen LogP contribution in [0.15, 0.2) is 45.8 Å². The minimum atomic E-state index is -3.57. The van der Waals surface area contributed by atoms with Gasteiger partial charge < -0.3 is 5.32 Å². The molecule has 0 aliphatic rings. The third-order valence-corrected chi connectivity index (χ3v) is 6.34. The van der Waals surface area contributed by atoms with Gasteiger partial charge in [0.1, 0.15) is 6.33 Å². The fourth-order valence-corrected chi connectivity index (χ4v) is 4.32. The zero-order valence-electron chi connectivity index (χ0n) is 12.7. The molecule has 2 heterocycles. The lowest BCUT2D eigenvalue weighted by atomic mass is 10.3. The fourth-order valence-electron chi connectivity index (χ4n) is 2.09. The number of aromatic nitrogens is 2. The number of fused-ring (bicyclic) bond motifs is 1. The van der Waals surface area contributed by atoms with Gasteiger partial charge in [-0.2, -0.15) is 0 Å². The molecule has 0 saturated carbocycles. The fraction of sp³-hybridized carbons (Fsp3) is 0.143. The predicted octanol–water partition coefficient (Wildman–Crippen LogP) is 2.24. The van der Waals surface area contributed by atoms with E-state index in [-0.39, 0.29) is 9.79 Å². The second-order valence-electron chi connectivity index (χ2n) is 5.22. The topological polar surface area (TPSA) is 106 Å². The van der Waals surface area contributed by atoms with Crippen molar-refractivity contribution in [1.29, 1.82) is 0 Å². The number of hydrogen-bond acceptors (Lipinski definition) is 8. The second-order valence-corrected chi connectivity index (χ2v) is 10.2. The van der Waals surface area contributed by atoms with Crippen LogP contribution in [0.2, 0.25) is 0 Å². The van der Waals surface area contributed by atoms with Gasteiger partial charge in [0.15, 0.2) is 25.5 Å². The molecule has 0 aliphatic heterocycles. The molecule has 2 aromatic heterocycles. The number of sulfone groups is 2. The van der Waals surface area contributed by atoms with E-state index in [4.69, 9.17) is 0 Å². The Balaban J connectivity index is 2.15. The lowest BCUT2D eigenvalue weighted by molar-refractivity contribution is 0.600. The summed E-state index contributed by atoms with van der Waals surface area (Å²) >= 11 is 1.43. The molecule has 7 nitrogen and oxygen atoms in total. The van der Waals surface area contributed by atoms with Crippen LogP contribution >= 0.6 is 11.3 Å². The molecule has 0 spiro atoms. The van der Waals surface area contributed by atoms with Gasteiger partial charge in [-0.1, -0.05) is 0 Å². The first-order chi connectivity index (χ1) is 11.1. The van der Waals surface area contributed by atoms with Gasteiger partial charge in [0.25, 0.3) is 0 Å². The van der Waals surface area contributed by atoms with Gasteiger partial charge in [-0.3, -0.25) is 0 Å². The summed E-state index contributed by atoms with van der Waals surface area (Å²) in [7, 11) is -7.13. The highest BCUT2D eigenvalue weighted by atomic mass is 32.2. The van der Waals surface area contributed by atoms with Crippen LogP contribution in [0.1, 0.15) is 0 Å². The molecule has 1 N–H and O–H groups in total. The van der Waals surface area contributed by atoms with Crippen molar-refractivity contribution in [3.05, 3.63) is 36.0 Å². The summed E-state index contributed by atoms with van der Waals surface area (Å²) < 4.78 is 48.2. The monoisotopic (exact) mass is 383 g/mol. The van der Waals surface area contributed by atoms with Crippen LogP contribution in [0.5, 0.6) is 0 Å². The van der Waals surface area contributed by atoms with Gasteiger partial charge in [0.05, 0.1) is 20.0 Å². The van der Waals surface area contributed by atoms with Gasteiger partial charge in [-0.05, 0) is 29.6 Å². The third-order valence-electron chi connectivity index (χ3n) is 3.24. The first-order valence-electron chi connectivity index (χ1n) is 6.65. The molecule has 0 aliphatic carbocycles. The smallest absolute Gasteiger partial charge is 0.175 e. The minimum absolute atomic E-state index is 0.0793. The molecule has 24 heavy (non-hydrogen) atoms. The van der Waals surface area contributed by atoms with Crippen LogP contribution in [0.3, 0.4) is 0 Å². The molecule has 0 fully saturated rings. The summed E-state index contributed by atoms with van der Waals surface area (Å²) in [4.78, 5) is 8.11. The molecule has 3 aromatic rings. The van der Waals surface area contributed by atoms with E-state index in [0.29, 0.717) is 11.5 Å². The van der Waals surface area contributed by atoms with Crippen LogP contribution in [0, 0.1) is 0 Å². The van der Waals surface area contributed by atoms with Crippen LogP contribution in [0.4, 0.5) is 11.5 Å². The highest BCUT2D eigenvalue weighted by molar-refractivity contribution is 7.91. The summed E-state index contributed by atoms with van der Waals surface area (Å²) in [6.45, 7) is 0. The molecular formula is C14H13N3O4S3. The third kappa shape index (κ3) is 3.40. The average molecular weight is 383 g/mol. The number of hydrogen-bond donors (Lipinski definition) is 1. The van der Waals surface area contributed by atoms with Gasteiger partial charge in [0.2, 0.25) is 0 Å². The van der Waals surface area contributed by atoms with E-state index in [1.54, 1.807) is 0 Å². The first-order valence-corrected chi connectivity index (χ1v) is 11.3. The maximum atomic E-state index is 11.8. The van der Waals surface area contributed by atoms with Crippen molar-refractivity contribution >= 4 is 52.7 Å². The molecule has 0 amide bonds. The maximum absolute atomic E-state index is 11.8. The van der Waals surface area contributed by atoms with E-state index >= 15 is 0 Å². The van der Waals surface area contributed by atoms with E-state index in [0.717, 1.165) is 28.8 Å². The molecule has 126 valence electrons. The van der Waals surface area contributed by atoms with E-state index in [1.807, 2.05) is 11.4 Å². The number of benzene rings is 1. The van der Waals surface area contributed by atoms with Gasteiger partial charge >= 0.3 is 0 Å². The van der Waals surface area contributed by atoms with Crippen molar-refractivity contribution in [3.63, 3.8) is 0 Å². The molecule has 0 saturated heterocycles. The highest BCUT2D eigenvalue weighted by Crippen LogP contribution is 2.29.